The number of hydrogen-bond donors (Lipinski definition) is 1. The van der Waals surface area contributed by atoms with Gasteiger partial charge in [0.15, 0.2) is 0 Å². The molecule has 0 saturated heterocycles. The summed E-state index contributed by atoms with van der Waals surface area (Å²) < 4.78 is 5.75. The first-order chi connectivity index (χ1) is 9.74. The fraction of sp³-hybridized carbons (Fsp3) is 0. The number of aromatic nitrogens is 1. The van der Waals surface area contributed by atoms with Crippen molar-refractivity contribution in [2.75, 3.05) is 0 Å². The molecule has 98 valence electrons. The maximum Gasteiger partial charge on any atom is 0.252 e. The Balaban J connectivity index is 1.99. The second-order valence-corrected chi connectivity index (χ2v) is 4.35. The van der Waals surface area contributed by atoms with Crippen LogP contribution in [0.4, 0.5) is 0 Å². The van der Waals surface area contributed by atoms with Crippen molar-refractivity contribution in [3.63, 3.8) is 0 Å². The summed E-state index contributed by atoms with van der Waals surface area (Å²) in [4.78, 5) is 15.4. The van der Waals surface area contributed by atoms with Crippen LogP contribution >= 0.6 is 0 Å². The lowest BCUT2D eigenvalue weighted by Crippen LogP contribution is -2.11. The lowest BCUT2D eigenvalue weighted by Gasteiger charge is -2.09. The molecule has 0 aliphatic rings. The van der Waals surface area contributed by atoms with Gasteiger partial charge in [0.05, 0.1) is 5.56 Å². The number of pyridine rings is 1. The first kappa shape index (κ1) is 12.2. The number of rotatable bonds is 3. The second-order valence-electron chi connectivity index (χ2n) is 4.35. The molecule has 1 amide bonds. The molecule has 0 saturated carbocycles. The molecule has 20 heavy (non-hydrogen) atoms. The van der Waals surface area contributed by atoms with E-state index >= 15 is 0 Å². The Labute approximate surface area is 115 Å². The highest BCUT2D eigenvalue weighted by Gasteiger charge is 2.09. The number of primary amides is 1. The Bertz CT molecular complexity index is 784. The van der Waals surface area contributed by atoms with Crippen LogP contribution in [0.5, 0.6) is 11.5 Å². The van der Waals surface area contributed by atoms with E-state index in [1.165, 1.54) is 0 Å². The van der Waals surface area contributed by atoms with Crippen molar-refractivity contribution in [2.24, 2.45) is 5.73 Å². The number of nitrogens with two attached hydrogens (primary N) is 1. The summed E-state index contributed by atoms with van der Waals surface area (Å²) in [6, 6.07) is 14.5. The summed E-state index contributed by atoms with van der Waals surface area (Å²) in [5.74, 6) is 0.575. The van der Waals surface area contributed by atoms with E-state index in [-0.39, 0.29) is 0 Å². The van der Waals surface area contributed by atoms with Crippen molar-refractivity contribution < 1.29 is 9.53 Å². The van der Waals surface area contributed by atoms with Gasteiger partial charge in [-0.05, 0) is 35.7 Å². The zero-order valence-corrected chi connectivity index (χ0v) is 10.6. The molecule has 0 atom stereocenters. The minimum Gasteiger partial charge on any atom is -0.457 e. The number of benzene rings is 2. The normalized spacial score (nSPS) is 10.4. The summed E-state index contributed by atoms with van der Waals surface area (Å²) >= 11 is 0. The van der Waals surface area contributed by atoms with Crippen molar-refractivity contribution in [1.29, 1.82) is 0 Å². The highest BCUT2D eigenvalue weighted by molar-refractivity contribution is 5.95. The van der Waals surface area contributed by atoms with Crippen LogP contribution in [-0.2, 0) is 0 Å². The van der Waals surface area contributed by atoms with E-state index in [1.807, 2.05) is 24.3 Å². The zero-order valence-electron chi connectivity index (χ0n) is 10.6. The van der Waals surface area contributed by atoms with Gasteiger partial charge in [0.25, 0.3) is 5.91 Å². The van der Waals surface area contributed by atoms with Crippen LogP contribution in [0, 0.1) is 0 Å². The average Bonchev–Trinajstić information content (AvgIpc) is 2.47. The largest absolute Gasteiger partial charge is 0.457 e. The van der Waals surface area contributed by atoms with Gasteiger partial charge in [-0.2, -0.15) is 0 Å². The van der Waals surface area contributed by atoms with E-state index in [0.29, 0.717) is 17.1 Å². The Morgan fingerprint density at radius 3 is 2.75 bits per heavy atom. The predicted octanol–water partition coefficient (Wildman–Crippen LogP) is 3.13. The minimum absolute atomic E-state index is 0.360. The molecule has 4 heteroatoms. The molecule has 3 aromatic rings. The molecule has 0 aliphatic carbocycles. The lowest BCUT2D eigenvalue weighted by molar-refractivity contribution is 0.0998. The maximum absolute atomic E-state index is 11.4. The molecule has 2 aromatic carbocycles. The second kappa shape index (κ2) is 5.01. The molecule has 0 aliphatic heterocycles. The SMILES string of the molecule is NC(=O)c1ccccc1Oc1ccc2ccncc2c1. The average molecular weight is 264 g/mol. The third kappa shape index (κ3) is 2.31. The molecule has 0 unspecified atom stereocenters. The number of ether oxygens (including phenoxy) is 1. The van der Waals surface area contributed by atoms with E-state index in [0.717, 1.165) is 10.8 Å². The predicted molar refractivity (Wildman–Crippen MR) is 76.8 cm³/mol. The van der Waals surface area contributed by atoms with Gasteiger partial charge in [0, 0.05) is 17.8 Å². The third-order valence-corrected chi connectivity index (χ3v) is 2.99. The fourth-order valence-corrected chi connectivity index (χ4v) is 2.01. The van der Waals surface area contributed by atoms with Gasteiger partial charge in [-0.3, -0.25) is 9.78 Å². The Morgan fingerprint density at radius 1 is 1.05 bits per heavy atom. The number of carbonyl (C=O) groups excluding carboxylic acids is 1. The molecular formula is C16H12N2O2. The van der Waals surface area contributed by atoms with Crippen LogP contribution < -0.4 is 10.5 Å². The van der Waals surface area contributed by atoms with Crippen LogP contribution in [0.1, 0.15) is 10.4 Å². The van der Waals surface area contributed by atoms with Crippen LogP contribution in [0.2, 0.25) is 0 Å². The topological polar surface area (TPSA) is 65.2 Å². The van der Waals surface area contributed by atoms with E-state index in [1.54, 1.807) is 36.7 Å². The van der Waals surface area contributed by atoms with Crippen molar-refractivity contribution in [1.82, 2.24) is 4.98 Å². The highest BCUT2D eigenvalue weighted by atomic mass is 16.5. The van der Waals surface area contributed by atoms with Gasteiger partial charge in [-0.25, -0.2) is 0 Å². The van der Waals surface area contributed by atoms with Crippen LogP contribution in [0.3, 0.4) is 0 Å². The number of amides is 1. The molecule has 2 N–H and O–H groups in total. The Hall–Kier alpha value is -2.88. The van der Waals surface area contributed by atoms with Crippen LogP contribution in [0.25, 0.3) is 10.8 Å². The van der Waals surface area contributed by atoms with Gasteiger partial charge in [0.1, 0.15) is 11.5 Å². The Kier molecular flexibility index (Phi) is 3.05. The number of hydrogen-bond acceptors (Lipinski definition) is 3. The lowest BCUT2D eigenvalue weighted by atomic mass is 10.1. The highest BCUT2D eigenvalue weighted by Crippen LogP contribution is 2.27. The minimum atomic E-state index is -0.511. The number of fused-ring (bicyclic) bond motifs is 1. The first-order valence-corrected chi connectivity index (χ1v) is 6.14. The van der Waals surface area contributed by atoms with Gasteiger partial charge in [-0.15, -0.1) is 0 Å². The van der Waals surface area contributed by atoms with E-state index in [9.17, 15) is 4.79 Å². The van der Waals surface area contributed by atoms with E-state index in [2.05, 4.69) is 4.98 Å². The van der Waals surface area contributed by atoms with Gasteiger partial charge < -0.3 is 10.5 Å². The molecule has 4 nitrogen and oxygen atoms in total. The monoisotopic (exact) mass is 264 g/mol. The summed E-state index contributed by atoms with van der Waals surface area (Å²) in [5, 5.41) is 2.05. The number of para-hydroxylation sites is 1. The number of nitrogens with zero attached hydrogens (tertiary/aromatic N) is 1. The molecule has 0 spiro atoms. The molecule has 1 aromatic heterocycles. The summed E-state index contributed by atoms with van der Waals surface area (Å²) in [7, 11) is 0. The van der Waals surface area contributed by atoms with Crippen molar-refractivity contribution in [3.05, 3.63) is 66.5 Å². The van der Waals surface area contributed by atoms with Crippen LogP contribution in [0.15, 0.2) is 60.9 Å². The molecule has 0 bridgehead atoms. The first-order valence-electron chi connectivity index (χ1n) is 6.14. The summed E-state index contributed by atoms with van der Waals surface area (Å²) in [6.07, 6.45) is 3.51. The molecule has 1 heterocycles. The fourth-order valence-electron chi connectivity index (χ4n) is 2.01. The smallest absolute Gasteiger partial charge is 0.252 e. The molecule has 0 radical (unpaired) electrons. The van der Waals surface area contributed by atoms with Gasteiger partial charge in [-0.1, -0.05) is 18.2 Å². The van der Waals surface area contributed by atoms with Crippen LogP contribution in [-0.4, -0.2) is 10.9 Å². The molecule has 3 rings (SSSR count). The number of carbonyl (C=O) groups is 1. The van der Waals surface area contributed by atoms with E-state index < -0.39 is 5.91 Å². The zero-order chi connectivity index (χ0) is 13.9. The van der Waals surface area contributed by atoms with Crippen molar-refractivity contribution >= 4 is 16.7 Å². The van der Waals surface area contributed by atoms with Crippen molar-refractivity contribution in [3.8, 4) is 11.5 Å². The molecular weight excluding hydrogens is 252 g/mol. The maximum atomic E-state index is 11.4. The third-order valence-electron chi connectivity index (χ3n) is 2.99. The quantitative estimate of drug-likeness (QED) is 0.790. The molecule has 0 fully saturated rings. The summed E-state index contributed by atoms with van der Waals surface area (Å²) in [6.45, 7) is 0. The Morgan fingerprint density at radius 2 is 1.90 bits per heavy atom. The van der Waals surface area contributed by atoms with Gasteiger partial charge in [0.2, 0.25) is 0 Å². The van der Waals surface area contributed by atoms with Gasteiger partial charge >= 0.3 is 0 Å². The van der Waals surface area contributed by atoms with E-state index in [4.69, 9.17) is 10.5 Å². The summed E-state index contributed by atoms with van der Waals surface area (Å²) in [5.41, 5.74) is 5.69. The van der Waals surface area contributed by atoms with Crippen molar-refractivity contribution in [2.45, 2.75) is 0 Å². The standard InChI is InChI=1S/C16H12N2O2/c17-16(19)14-3-1-2-4-15(14)20-13-6-5-11-7-8-18-10-12(11)9-13/h1-10H,(H2,17,19).